The number of rotatable bonds is 19. The number of aliphatic imine (C=N–C) groups is 1. The molecular formula is C21H41N9O7. The number of aliphatic hydroxyl groups excluding tert-OH is 1. The zero-order chi connectivity index (χ0) is 28.5. The Morgan fingerprint density at radius 3 is 1.92 bits per heavy atom. The van der Waals surface area contributed by atoms with Crippen LogP contribution in [0.2, 0.25) is 0 Å². The number of unbranched alkanes of at least 4 members (excludes halogenated alkanes) is 1. The molecule has 5 atom stereocenters. The highest BCUT2D eigenvalue weighted by Gasteiger charge is 2.32. The molecule has 0 aliphatic rings. The molecule has 0 aromatic rings. The predicted octanol–water partition coefficient (Wildman–Crippen LogP) is -4.32. The second kappa shape index (κ2) is 17.9. The Balaban J connectivity index is 5.62. The first-order chi connectivity index (χ1) is 17.3. The van der Waals surface area contributed by atoms with Crippen LogP contribution in [0.15, 0.2) is 4.99 Å². The van der Waals surface area contributed by atoms with Gasteiger partial charge in [-0.3, -0.25) is 24.2 Å². The van der Waals surface area contributed by atoms with Crippen LogP contribution in [-0.2, 0) is 24.0 Å². The second-order valence-corrected chi connectivity index (χ2v) is 8.53. The number of aliphatic hydroxyl groups is 1. The summed E-state index contributed by atoms with van der Waals surface area (Å²) in [6.45, 7) is 1.76. The average molecular weight is 532 g/mol. The van der Waals surface area contributed by atoms with Crippen LogP contribution in [0.1, 0.15) is 51.9 Å². The monoisotopic (exact) mass is 531 g/mol. The first-order valence-corrected chi connectivity index (χ1v) is 11.9. The summed E-state index contributed by atoms with van der Waals surface area (Å²) in [5.41, 5.74) is 27.1. The van der Waals surface area contributed by atoms with Crippen LogP contribution in [0.4, 0.5) is 0 Å². The maximum absolute atomic E-state index is 13.1. The minimum Gasteiger partial charge on any atom is -0.480 e. The number of carbonyl (C=O) groups is 5. The van der Waals surface area contributed by atoms with Crippen LogP contribution in [0.3, 0.4) is 0 Å². The number of nitrogens with two attached hydrogens (primary N) is 5. The molecule has 16 heteroatoms. The number of carboxylic acids is 1. The lowest BCUT2D eigenvalue weighted by Crippen LogP contribution is -2.58. The summed E-state index contributed by atoms with van der Waals surface area (Å²) >= 11 is 0. The zero-order valence-corrected chi connectivity index (χ0v) is 21.0. The number of primary amides is 1. The number of hydrogen-bond donors (Lipinski definition) is 10. The number of amides is 4. The van der Waals surface area contributed by atoms with Gasteiger partial charge in [-0.15, -0.1) is 0 Å². The molecule has 0 saturated heterocycles. The van der Waals surface area contributed by atoms with E-state index in [1.807, 2.05) is 0 Å². The Hall–Kier alpha value is -3.50. The van der Waals surface area contributed by atoms with Crippen molar-refractivity contribution in [1.29, 1.82) is 0 Å². The lowest BCUT2D eigenvalue weighted by atomic mass is 10.0. The number of aliphatic carboxylic acids is 1. The third-order valence-electron chi connectivity index (χ3n) is 5.24. The minimum atomic E-state index is -1.66. The molecule has 4 amide bonds. The van der Waals surface area contributed by atoms with Crippen LogP contribution in [-0.4, -0.2) is 89.1 Å². The van der Waals surface area contributed by atoms with E-state index in [0.717, 1.165) is 6.92 Å². The molecule has 0 aliphatic carbocycles. The standard InChI is InChI=1S/C21H41N9O7/c1-11(31)16(20(36)37)30-19(35)14(7-8-15(24)32)29-18(34)13(6-4-10-27-21(25)26)28-17(33)12(23)5-2-3-9-22/h11-14,16,31H,2-10,22-23H2,1H3,(H2,24,32)(H,28,33)(H,29,34)(H,30,35)(H,36,37)(H4,25,26,27). The summed E-state index contributed by atoms with van der Waals surface area (Å²) in [5.74, 6) is -4.77. The number of hydrogen-bond acceptors (Lipinski definition) is 9. The molecule has 0 fully saturated rings. The van der Waals surface area contributed by atoms with E-state index >= 15 is 0 Å². The van der Waals surface area contributed by atoms with Gasteiger partial charge in [0, 0.05) is 13.0 Å². The fourth-order valence-corrected chi connectivity index (χ4v) is 3.16. The third kappa shape index (κ3) is 14.6. The van der Waals surface area contributed by atoms with Crippen molar-refractivity contribution in [2.75, 3.05) is 13.1 Å². The van der Waals surface area contributed by atoms with Crippen LogP contribution < -0.4 is 44.6 Å². The summed E-state index contributed by atoms with van der Waals surface area (Å²) < 4.78 is 0. The Bertz CT molecular complexity index is 803. The maximum Gasteiger partial charge on any atom is 0.328 e. The van der Waals surface area contributed by atoms with Crippen molar-refractivity contribution in [3.63, 3.8) is 0 Å². The van der Waals surface area contributed by atoms with E-state index in [0.29, 0.717) is 25.8 Å². The van der Waals surface area contributed by atoms with Gasteiger partial charge in [0.25, 0.3) is 0 Å². The van der Waals surface area contributed by atoms with Crippen molar-refractivity contribution in [2.24, 2.45) is 33.7 Å². The quantitative estimate of drug-likeness (QED) is 0.0431. The van der Waals surface area contributed by atoms with Gasteiger partial charge in [0.1, 0.15) is 12.1 Å². The largest absolute Gasteiger partial charge is 0.480 e. The van der Waals surface area contributed by atoms with Crippen LogP contribution in [0, 0.1) is 0 Å². The van der Waals surface area contributed by atoms with Gasteiger partial charge in [0.05, 0.1) is 12.1 Å². The molecule has 0 aromatic heterocycles. The molecule has 0 aromatic carbocycles. The van der Waals surface area contributed by atoms with Gasteiger partial charge in [0.15, 0.2) is 12.0 Å². The van der Waals surface area contributed by atoms with E-state index in [1.54, 1.807) is 0 Å². The molecule has 0 saturated carbocycles. The van der Waals surface area contributed by atoms with E-state index in [2.05, 4.69) is 20.9 Å². The van der Waals surface area contributed by atoms with Gasteiger partial charge >= 0.3 is 5.97 Å². The van der Waals surface area contributed by atoms with Crippen molar-refractivity contribution in [3.05, 3.63) is 0 Å². The van der Waals surface area contributed by atoms with E-state index in [1.165, 1.54) is 0 Å². The molecule has 0 aliphatic heterocycles. The fraction of sp³-hybridized carbons (Fsp3) is 0.714. The van der Waals surface area contributed by atoms with Crippen molar-refractivity contribution >= 4 is 35.6 Å². The number of guanidine groups is 1. The van der Waals surface area contributed by atoms with Crippen molar-refractivity contribution in [2.45, 2.75) is 82.1 Å². The van der Waals surface area contributed by atoms with Gasteiger partial charge in [-0.05, 0) is 45.6 Å². The lowest BCUT2D eigenvalue weighted by Gasteiger charge is -2.25. The molecule has 37 heavy (non-hydrogen) atoms. The summed E-state index contributed by atoms with van der Waals surface area (Å²) in [7, 11) is 0. The van der Waals surface area contributed by atoms with Gasteiger partial charge < -0.3 is 54.8 Å². The normalized spacial score (nSPS) is 14.8. The molecule has 0 heterocycles. The number of nitrogens with one attached hydrogen (secondary N) is 3. The maximum atomic E-state index is 13.1. The number of carboxylic acid groups (broad SMARTS) is 1. The summed E-state index contributed by atoms with van der Waals surface area (Å²) in [5, 5.41) is 25.9. The fourth-order valence-electron chi connectivity index (χ4n) is 3.16. The number of carbonyl (C=O) groups excluding carboxylic acids is 4. The number of nitrogens with zero attached hydrogens (tertiary/aromatic N) is 1. The molecule has 16 nitrogen and oxygen atoms in total. The molecule has 0 radical (unpaired) electrons. The summed E-state index contributed by atoms with van der Waals surface area (Å²) in [6.07, 6.45) is -0.0495. The molecule has 0 spiro atoms. The molecule has 0 bridgehead atoms. The van der Waals surface area contributed by atoms with Crippen LogP contribution >= 0.6 is 0 Å². The van der Waals surface area contributed by atoms with E-state index in [4.69, 9.17) is 28.7 Å². The highest BCUT2D eigenvalue weighted by molar-refractivity contribution is 5.94. The summed E-state index contributed by atoms with van der Waals surface area (Å²) in [6, 6.07) is -5.12. The van der Waals surface area contributed by atoms with Crippen LogP contribution in [0.5, 0.6) is 0 Å². The zero-order valence-electron chi connectivity index (χ0n) is 21.0. The molecule has 5 unspecified atom stereocenters. The predicted molar refractivity (Wildman–Crippen MR) is 134 cm³/mol. The third-order valence-corrected chi connectivity index (χ3v) is 5.24. The highest BCUT2D eigenvalue weighted by atomic mass is 16.4. The van der Waals surface area contributed by atoms with Gasteiger partial charge in [-0.25, -0.2) is 4.79 Å². The SMILES string of the molecule is CC(O)C(NC(=O)C(CCC(N)=O)NC(=O)C(CCCN=C(N)N)NC(=O)C(N)CCCCN)C(=O)O. The first kappa shape index (κ1) is 33.5. The van der Waals surface area contributed by atoms with E-state index < -0.39 is 59.9 Å². The van der Waals surface area contributed by atoms with Crippen LogP contribution in [0.25, 0.3) is 0 Å². The average Bonchev–Trinajstić information content (AvgIpc) is 2.80. The van der Waals surface area contributed by atoms with E-state index in [9.17, 15) is 34.2 Å². The Morgan fingerprint density at radius 1 is 0.838 bits per heavy atom. The van der Waals surface area contributed by atoms with Crippen molar-refractivity contribution in [3.8, 4) is 0 Å². The topological polar surface area (TPSA) is 304 Å². The Labute approximate surface area is 215 Å². The molecule has 212 valence electrons. The lowest BCUT2D eigenvalue weighted by molar-refractivity contribution is -0.145. The highest BCUT2D eigenvalue weighted by Crippen LogP contribution is 2.06. The minimum absolute atomic E-state index is 0.0689. The molecular weight excluding hydrogens is 490 g/mol. The Morgan fingerprint density at radius 2 is 1.41 bits per heavy atom. The van der Waals surface area contributed by atoms with Gasteiger partial charge in [-0.1, -0.05) is 6.42 Å². The van der Waals surface area contributed by atoms with Gasteiger partial charge in [0.2, 0.25) is 23.6 Å². The van der Waals surface area contributed by atoms with Crippen molar-refractivity contribution in [1.82, 2.24) is 16.0 Å². The first-order valence-electron chi connectivity index (χ1n) is 11.9. The molecule has 0 rings (SSSR count). The molecule has 15 N–H and O–H groups in total. The second-order valence-electron chi connectivity index (χ2n) is 8.53. The Kier molecular flexibility index (Phi) is 16.2. The van der Waals surface area contributed by atoms with Gasteiger partial charge in [-0.2, -0.15) is 0 Å². The summed E-state index contributed by atoms with van der Waals surface area (Å²) in [4.78, 5) is 64.8. The van der Waals surface area contributed by atoms with Crippen molar-refractivity contribution < 1.29 is 34.2 Å². The smallest absolute Gasteiger partial charge is 0.328 e. The van der Waals surface area contributed by atoms with E-state index in [-0.39, 0.29) is 38.2 Å².